The van der Waals surface area contributed by atoms with Crippen molar-refractivity contribution in [1.29, 1.82) is 0 Å². The molecule has 0 spiro atoms. The third-order valence-corrected chi connectivity index (χ3v) is 4.63. The maximum absolute atomic E-state index is 11.9. The van der Waals surface area contributed by atoms with Crippen molar-refractivity contribution in [2.75, 3.05) is 6.61 Å². The van der Waals surface area contributed by atoms with Gasteiger partial charge in [-0.1, -0.05) is 28.6 Å². The molecule has 0 aliphatic carbocycles. The molecule has 0 radical (unpaired) electrons. The molecule has 0 atom stereocenters. The third-order valence-electron chi connectivity index (χ3n) is 4.13. The summed E-state index contributed by atoms with van der Waals surface area (Å²) in [4.78, 5) is 11.9. The molecule has 27 heavy (non-hydrogen) atoms. The van der Waals surface area contributed by atoms with E-state index in [4.69, 9.17) is 13.9 Å². The summed E-state index contributed by atoms with van der Waals surface area (Å²) in [6.45, 7) is 8.51. The molecule has 2 aromatic carbocycles. The molecule has 1 heterocycles. The topological polar surface area (TPSA) is 48.7 Å². The summed E-state index contributed by atoms with van der Waals surface area (Å²) < 4.78 is 17.6. The summed E-state index contributed by atoms with van der Waals surface area (Å²) in [5.74, 6) is 0.385. The number of furan rings is 1. The highest BCUT2D eigenvalue weighted by atomic mass is 79.9. The van der Waals surface area contributed by atoms with E-state index in [1.807, 2.05) is 43.3 Å². The van der Waals surface area contributed by atoms with Crippen LogP contribution in [0.5, 0.6) is 5.75 Å². The normalized spacial score (nSPS) is 10.8. The number of allylic oxidation sites excluding steroid dienone is 1. The largest absolute Gasteiger partial charge is 0.489 e. The summed E-state index contributed by atoms with van der Waals surface area (Å²) in [5.41, 5.74) is 4.53. The molecule has 5 heteroatoms. The molecule has 140 valence electrons. The van der Waals surface area contributed by atoms with Crippen LogP contribution < -0.4 is 4.74 Å². The molecule has 0 amide bonds. The second-order valence-corrected chi connectivity index (χ2v) is 7.20. The average Bonchev–Trinajstić information content (AvgIpc) is 3.09. The first kappa shape index (κ1) is 19.2. The van der Waals surface area contributed by atoms with E-state index in [1.165, 1.54) is 0 Å². The quantitative estimate of drug-likeness (QED) is 0.438. The lowest BCUT2D eigenvalue weighted by atomic mass is 10.0. The zero-order chi connectivity index (χ0) is 19.4. The number of esters is 1. The number of ether oxygens (including phenoxy) is 2. The van der Waals surface area contributed by atoms with Crippen molar-refractivity contribution in [2.45, 2.75) is 26.9 Å². The number of carbonyl (C=O) groups is 1. The fourth-order valence-corrected chi connectivity index (χ4v) is 3.22. The molecule has 0 bridgehead atoms. The van der Waals surface area contributed by atoms with E-state index in [2.05, 4.69) is 22.5 Å². The van der Waals surface area contributed by atoms with Gasteiger partial charge in [-0.2, -0.15) is 0 Å². The summed E-state index contributed by atoms with van der Waals surface area (Å²) in [6.07, 6.45) is 1.85. The number of benzene rings is 2. The second kappa shape index (κ2) is 8.44. The highest BCUT2D eigenvalue weighted by Crippen LogP contribution is 2.29. The van der Waals surface area contributed by atoms with Crippen molar-refractivity contribution < 1.29 is 18.7 Å². The van der Waals surface area contributed by atoms with Crippen LogP contribution in [-0.4, -0.2) is 12.6 Å². The van der Waals surface area contributed by atoms with Crippen molar-refractivity contribution in [2.24, 2.45) is 0 Å². The number of halogens is 1. The molecule has 3 aromatic rings. The molecule has 0 saturated heterocycles. The summed E-state index contributed by atoms with van der Waals surface area (Å²) in [6, 6.07) is 11.6. The van der Waals surface area contributed by atoms with E-state index in [-0.39, 0.29) is 12.4 Å². The lowest BCUT2D eigenvalue weighted by Crippen LogP contribution is -2.09. The van der Waals surface area contributed by atoms with Crippen LogP contribution in [0.25, 0.3) is 16.5 Å². The average molecular weight is 429 g/mol. The predicted molar refractivity (Wildman–Crippen MR) is 110 cm³/mol. The Morgan fingerprint density at radius 1 is 1.22 bits per heavy atom. The van der Waals surface area contributed by atoms with Crippen molar-refractivity contribution >= 4 is 38.4 Å². The standard InChI is InChI=1S/C22H21BrO4/c1-4-25-21(24)11-16-5-6-18(23)12-20(16)27-13-15-9-17-7-8-26-22(17)19(10-15)14(2)3/h5-10,12H,2,4,11,13H2,1,3H3. The van der Waals surface area contributed by atoms with Crippen LogP contribution in [0.1, 0.15) is 30.5 Å². The van der Waals surface area contributed by atoms with Gasteiger partial charge in [-0.05, 0) is 55.3 Å². The monoisotopic (exact) mass is 428 g/mol. The zero-order valence-electron chi connectivity index (χ0n) is 15.4. The molecular formula is C22H21BrO4. The maximum atomic E-state index is 11.9. The van der Waals surface area contributed by atoms with Gasteiger partial charge in [0, 0.05) is 21.0 Å². The van der Waals surface area contributed by atoms with Crippen LogP contribution in [-0.2, 0) is 22.6 Å². The van der Waals surface area contributed by atoms with Crippen LogP contribution in [0.15, 0.2) is 58.1 Å². The van der Waals surface area contributed by atoms with Crippen molar-refractivity contribution in [3.63, 3.8) is 0 Å². The Morgan fingerprint density at radius 3 is 2.78 bits per heavy atom. The van der Waals surface area contributed by atoms with Gasteiger partial charge in [-0.25, -0.2) is 0 Å². The van der Waals surface area contributed by atoms with Crippen LogP contribution in [0.4, 0.5) is 0 Å². The first-order valence-corrected chi connectivity index (χ1v) is 9.50. The first-order valence-electron chi connectivity index (χ1n) is 8.70. The lowest BCUT2D eigenvalue weighted by Gasteiger charge is -2.13. The minimum Gasteiger partial charge on any atom is -0.489 e. The molecule has 0 fully saturated rings. The SMILES string of the molecule is C=C(C)c1cc(COc2cc(Br)ccc2CC(=O)OCC)cc2ccoc12. The van der Waals surface area contributed by atoms with Gasteiger partial charge in [0.25, 0.3) is 0 Å². The van der Waals surface area contributed by atoms with Gasteiger partial charge >= 0.3 is 5.97 Å². The minimum atomic E-state index is -0.269. The zero-order valence-corrected chi connectivity index (χ0v) is 17.0. The van der Waals surface area contributed by atoms with Gasteiger partial charge in [-0.3, -0.25) is 4.79 Å². The van der Waals surface area contributed by atoms with Crippen molar-refractivity contribution in [1.82, 2.24) is 0 Å². The second-order valence-electron chi connectivity index (χ2n) is 6.29. The summed E-state index contributed by atoms with van der Waals surface area (Å²) in [5, 5.41) is 1.01. The summed E-state index contributed by atoms with van der Waals surface area (Å²) in [7, 11) is 0. The van der Waals surface area contributed by atoms with Crippen molar-refractivity contribution in [3.05, 3.63) is 70.4 Å². The highest BCUT2D eigenvalue weighted by Gasteiger charge is 2.12. The number of rotatable bonds is 7. The highest BCUT2D eigenvalue weighted by molar-refractivity contribution is 9.10. The van der Waals surface area contributed by atoms with Crippen molar-refractivity contribution in [3.8, 4) is 5.75 Å². The maximum Gasteiger partial charge on any atom is 0.310 e. The van der Waals surface area contributed by atoms with Gasteiger partial charge in [0.2, 0.25) is 0 Å². The van der Waals surface area contributed by atoms with Gasteiger partial charge < -0.3 is 13.9 Å². The van der Waals surface area contributed by atoms with Crippen LogP contribution >= 0.6 is 15.9 Å². The molecule has 0 aliphatic rings. The lowest BCUT2D eigenvalue weighted by molar-refractivity contribution is -0.142. The fourth-order valence-electron chi connectivity index (χ4n) is 2.88. The molecule has 4 nitrogen and oxygen atoms in total. The van der Waals surface area contributed by atoms with E-state index >= 15 is 0 Å². The van der Waals surface area contributed by atoms with E-state index in [9.17, 15) is 4.79 Å². The Bertz CT molecular complexity index is 987. The minimum absolute atomic E-state index is 0.175. The Morgan fingerprint density at radius 2 is 2.04 bits per heavy atom. The summed E-state index contributed by atoms with van der Waals surface area (Å²) >= 11 is 3.46. The number of fused-ring (bicyclic) bond motifs is 1. The fraction of sp³-hybridized carbons (Fsp3) is 0.227. The molecule has 0 aliphatic heterocycles. The van der Waals surface area contributed by atoms with Gasteiger partial charge in [-0.15, -0.1) is 0 Å². The molecular weight excluding hydrogens is 408 g/mol. The van der Waals surface area contributed by atoms with E-state index < -0.39 is 0 Å². The van der Waals surface area contributed by atoms with Crippen LogP contribution in [0, 0.1) is 0 Å². The molecule has 0 saturated carbocycles. The molecule has 3 rings (SSSR count). The number of hydrogen-bond acceptors (Lipinski definition) is 4. The Kier molecular flexibility index (Phi) is 6.01. The van der Waals surface area contributed by atoms with Crippen LogP contribution in [0.3, 0.4) is 0 Å². The molecule has 1 aromatic heterocycles. The van der Waals surface area contributed by atoms with E-state index in [0.717, 1.165) is 37.7 Å². The molecule has 0 N–H and O–H groups in total. The smallest absolute Gasteiger partial charge is 0.310 e. The number of hydrogen-bond donors (Lipinski definition) is 0. The van der Waals surface area contributed by atoms with Gasteiger partial charge in [0.05, 0.1) is 19.3 Å². The number of carbonyl (C=O) groups excluding carboxylic acids is 1. The van der Waals surface area contributed by atoms with Crippen LogP contribution in [0.2, 0.25) is 0 Å². The van der Waals surface area contributed by atoms with E-state index in [0.29, 0.717) is 19.0 Å². The Balaban J connectivity index is 1.84. The molecule has 0 unspecified atom stereocenters. The first-order chi connectivity index (χ1) is 13.0. The van der Waals surface area contributed by atoms with E-state index in [1.54, 1.807) is 13.2 Å². The van der Waals surface area contributed by atoms with Gasteiger partial charge in [0.1, 0.15) is 17.9 Å². The predicted octanol–water partition coefficient (Wildman–Crippen LogP) is 5.91. The van der Waals surface area contributed by atoms with Gasteiger partial charge in [0.15, 0.2) is 0 Å². The Hall–Kier alpha value is -2.53. The third kappa shape index (κ3) is 4.61. The Labute approximate surface area is 166 Å².